The number of hydrogen-bond acceptors (Lipinski definition) is 3. The van der Waals surface area contributed by atoms with Gasteiger partial charge in [0.25, 0.3) is 0 Å². The average molecular weight is 290 g/mol. The topological polar surface area (TPSA) is 47.3 Å². The minimum absolute atomic E-state index is 0.197. The van der Waals surface area contributed by atoms with E-state index in [1.165, 1.54) is 49.7 Å². The van der Waals surface area contributed by atoms with Crippen LogP contribution < -0.4 is 16.0 Å². The van der Waals surface area contributed by atoms with Crippen LogP contribution in [0.1, 0.15) is 62.6 Å². The molecule has 1 saturated carbocycles. The third-order valence-corrected chi connectivity index (χ3v) is 4.96. The molecule has 0 aliphatic heterocycles. The molecule has 0 saturated heterocycles. The van der Waals surface area contributed by atoms with Crippen LogP contribution in [0, 0.1) is 18.8 Å². The van der Waals surface area contributed by atoms with E-state index in [4.69, 9.17) is 10.6 Å². The van der Waals surface area contributed by atoms with E-state index in [-0.39, 0.29) is 6.04 Å². The lowest BCUT2D eigenvalue weighted by Crippen LogP contribution is -2.35. The van der Waals surface area contributed by atoms with E-state index in [9.17, 15) is 0 Å². The van der Waals surface area contributed by atoms with Crippen LogP contribution in [-0.4, -0.2) is 7.11 Å². The molecule has 3 heteroatoms. The van der Waals surface area contributed by atoms with Crippen LogP contribution in [0.15, 0.2) is 18.2 Å². The first-order valence-corrected chi connectivity index (χ1v) is 8.30. The number of ether oxygens (including phenoxy) is 1. The number of hydrogen-bond donors (Lipinski definition) is 2. The summed E-state index contributed by atoms with van der Waals surface area (Å²) in [5.74, 6) is 8.37. The molecule has 1 aromatic rings. The number of rotatable bonds is 6. The van der Waals surface area contributed by atoms with Crippen LogP contribution in [0.5, 0.6) is 5.75 Å². The van der Waals surface area contributed by atoms with E-state index in [2.05, 4.69) is 37.5 Å². The summed E-state index contributed by atoms with van der Waals surface area (Å²) in [7, 11) is 1.74. The highest BCUT2D eigenvalue weighted by atomic mass is 16.5. The molecule has 1 aliphatic carbocycles. The zero-order valence-corrected chi connectivity index (χ0v) is 13.7. The Hall–Kier alpha value is -1.06. The fourth-order valence-corrected chi connectivity index (χ4v) is 3.80. The van der Waals surface area contributed by atoms with E-state index in [1.54, 1.807) is 7.11 Å². The Balaban J connectivity index is 2.12. The standard InChI is InChI=1S/C18H30N2O/c1-4-5-14-7-9-15(10-8-14)18(20-19)16-12-13(2)6-11-17(16)21-3/h6,11-12,14-15,18,20H,4-5,7-10,19H2,1-3H3. The van der Waals surface area contributed by atoms with Gasteiger partial charge in [-0.15, -0.1) is 0 Å². The monoisotopic (exact) mass is 290 g/mol. The summed E-state index contributed by atoms with van der Waals surface area (Å²) in [6, 6.07) is 6.55. The molecule has 0 aromatic heterocycles. The van der Waals surface area contributed by atoms with Crippen LogP contribution in [0.4, 0.5) is 0 Å². The third kappa shape index (κ3) is 3.98. The highest BCUT2D eigenvalue weighted by Gasteiger charge is 2.29. The minimum Gasteiger partial charge on any atom is -0.496 e. The highest BCUT2D eigenvalue weighted by molar-refractivity contribution is 5.39. The van der Waals surface area contributed by atoms with Crippen LogP contribution >= 0.6 is 0 Å². The van der Waals surface area contributed by atoms with Crippen molar-refractivity contribution < 1.29 is 4.74 Å². The molecule has 0 amide bonds. The van der Waals surface area contributed by atoms with Gasteiger partial charge in [-0.2, -0.15) is 0 Å². The fourth-order valence-electron chi connectivity index (χ4n) is 3.80. The quantitative estimate of drug-likeness (QED) is 0.612. The van der Waals surface area contributed by atoms with Crippen molar-refractivity contribution in [1.29, 1.82) is 0 Å². The van der Waals surface area contributed by atoms with Crippen molar-refractivity contribution in [2.45, 2.75) is 58.4 Å². The lowest BCUT2D eigenvalue weighted by molar-refractivity contribution is 0.212. The summed E-state index contributed by atoms with van der Waals surface area (Å²) < 4.78 is 5.54. The number of methoxy groups -OCH3 is 1. The lowest BCUT2D eigenvalue weighted by Gasteiger charge is -2.34. The van der Waals surface area contributed by atoms with Gasteiger partial charge >= 0.3 is 0 Å². The Morgan fingerprint density at radius 3 is 2.57 bits per heavy atom. The maximum atomic E-state index is 5.90. The van der Waals surface area contributed by atoms with E-state index in [1.807, 2.05) is 0 Å². The van der Waals surface area contributed by atoms with Gasteiger partial charge in [0, 0.05) is 5.56 Å². The number of hydrazine groups is 1. The van der Waals surface area contributed by atoms with E-state index >= 15 is 0 Å². The third-order valence-electron chi connectivity index (χ3n) is 4.96. The van der Waals surface area contributed by atoms with Crippen molar-refractivity contribution in [2.24, 2.45) is 17.7 Å². The molecule has 21 heavy (non-hydrogen) atoms. The zero-order chi connectivity index (χ0) is 15.2. The number of aryl methyl sites for hydroxylation is 1. The van der Waals surface area contributed by atoms with Crippen molar-refractivity contribution in [2.75, 3.05) is 7.11 Å². The van der Waals surface area contributed by atoms with Crippen LogP contribution in [0.25, 0.3) is 0 Å². The number of benzene rings is 1. The van der Waals surface area contributed by atoms with Gasteiger partial charge in [-0.25, -0.2) is 0 Å². The van der Waals surface area contributed by atoms with Crippen molar-refractivity contribution in [3.05, 3.63) is 29.3 Å². The first kappa shape index (κ1) is 16.3. The lowest BCUT2D eigenvalue weighted by atomic mass is 9.75. The van der Waals surface area contributed by atoms with Gasteiger partial charge in [0.05, 0.1) is 13.2 Å². The Labute approximate surface area is 129 Å². The van der Waals surface area contributed by atoms with E-state index in [0.29, 0.717) is 5.92 Å². The second-order valence-corrected chi connectivity index (χ2v) is 6.46. The predicted octanol–water partition coefficient (Wildman–Crippen LogP) is 4.11. The molecule has 0 spiro atoms. The maximum absolute atomic E-state index is 5.90. The molecular weight excluding hydrogens is 260 g/mol. The maximum Gasteiger partial charge on any atom is 0.123 e. The molecule has 1 unspecified atom stereocenters. The van der Waals surface area contributed by atoms with Gasteiger partial charge in [-0.3, -0.25) is 11.3 Å². The summed E-state index contributed by atoms with van der Waals surface area (Å²) in [6.45, 7) is 4.41. The van der Waals surface area contributed by atoms with E-state index < -0.39 is 0 Å². The van der Waals surface area contributed by atoms with Crippen LogP contribution in [0.3, 0.4) is 0 Å². The van der Waals surface area contributed by atoms with Gasteiger partial charge in [0.1, 0.15) is 5.75 Å². The van der Waals surface area contributed by atoms with Gasteiger partial charge in [0.2, 0.25) is 0 Å². The molecule has 1 atom stereocenters. The molecule has 2 rings (SSSR count). The molecule has 1 aromatic carbocycles. The number of nitrogens with one attached hydrogen (secondary N) is 1. The molecule has 3 N–H and O–H groups in total. The van der Waals surface area contributed by atoms with E-state index in [0.717, 1.165) is 11.7 Å². The summed E-state index contributed by atoms with van der Waals surface area (Å²) in [5, 5.41) is 0. The fraction of sp³-hybridized carbons (Fsp3) is 0.667. The summed E-state index contributed by atoms with van der Waals surface area (Å²) in [5.41, 5.74) is 5.52. The Morgan fingerprint density at radius 2 is 2.00 bits per heavy atom. The largest absolute Gasteiger partial charge is 0.496 e. The first-order valence-electron chi connectivity index (χ1n) is 8.30. The van der Waals surface area contributed by atoms with Gasteiger partial charge < -0.3 is 4.74 Å². The molecule has 1 aliphatic rings. The summed E-state index contributed by atoms with van der Waals surface area (Å²) in [6.07, 6.45) is 7.88. The van der Waals surface area contributed by atoms with Gasteiger partial charge in [-0.05, 0) is 37.7 Å². The molecule has 0 heterocycles. The second kappa shape index (κ2) is 7.81. The van der Waals surface area contributed by atoms with Gasteiger partial charge in [0.15, 0.2) is 0 Å². The van der Waals surface area contributed by atoms with Gasteiger partial charge in [-0.1, -0.05) is 50.3 Å². The highest BCUT2D eigenvalue weighted by Crippen LogP contribution is 2.40. The Morgan fingerprint density at radius 1 is 1.29 bits per heavy atom. The minimum atomic E-state index is 0.197. The SMILES string of the molecule is CCCC1CCC(C(NN)c2cc(C)ccc2OC)CC1. The van der Waals surface area contributed by atoms with Crippen LogP contribution in [-0.2, 0) is 0 Å². The molecule has 3 nitrogen and oxygen atoms in total. The Bertz CT molecular complexity index is 439. The zero-order valence-electron chi connectivity index (χ0n) is 13.7. The molecular formula is C18H30N2O. The normalized spacial score (nSPS) is 23.8. The first-order chi connectivity index (χ1) is 10.2. The summed E-state index contributed by atoms with van der Waals surface area (Å²) in [4.78, 5) is 0. The van der Waals surface area contributed by atoms with Crippen molar-refractivity contribution in [1.82, 2.24) is 5.43 Å². The molecule has 1 fully saturated rings. The molecule has 0 radical (unpaired) electrons. The average Bonchev–Trinajstić information content (AvgIpc) is 2.50. The Kier molecular flexibility index (Phi) is 6.07. The van der Waals surface area contributed by atoms with Crippen LogP contribution in [0.2, 0.25) is 0 Å². The second-order valence-electron chi connectivity index (χ2n) is 6.46. The number of nitrogens with two attached hydrogens (primary N) is 1. The smallest absolute Gasteiger partial charge is 0.123 e. The molecule has 0 bridgehead atoms. The molecule has 118 valence electrons. The van der Waals surface area contributed by atoms with Crippen molar-refractivity contribution >= 4 is 0 Å². The summed E-state index contributed by atoms with van der Waals surface area (Å²) >= 11 is 0. The predicted molar refractivity (Wildman–Crippen MR) is 88.2 cm³/mol. The van der Waals surface area contributed by atoms with Crippen molar-refractivity contribution in [3.63, 3.8) is 0 Å². The van der Waals surface area contributed by atoms with Crippen molar-refractivity contribution in [3.8, 4) is 5.75 Å².